The third-order valence-corrected chi connectivity index (χ3v) is 5.71. The fourth-order valence-electron chi connectivity index (χ4n) is 4.18. The standard InChI is InChI=1S/C15H17F3N2O.C6H13NO.C3H8/c16-15(17,18)12-7-11-9-20(6-5-13(11)19-8-12)14(21)10-3-1-2-4-10;1-5-3-7-4-6(2)8-5;1-3-2/h7-8,10H,1-6,9H2;5-7H,3-4H2,1-2H3;3H2,1-2H3. The van der Waals surface area contributed by atoms with Gasteiger partial charge in [0.05, 0.1) is 17.8 Å². The zero-order valence-electron chi connectivity index (χ0n) is 19.8. The second kappa shape index (κ2) is 12.5. The molecule has 2 fully saturated rings. The van der Waals surface area contributed by atoms with Gasteiger partial charge in [0.15, 0.2) is 0 Å². The summed E-state index contributed by atoms with van der Waals surface area (Å²) in [5.41, 5.74) is 0.470. The number of ether oxygens (including phenoxy) is 1. The number of nitrogens with one attached hydrogen (secondary N) is 1. The number of pyridine rings is 1. The van der Waals surface area contributed by atoms with E-state index in [1.54, 1.807) is 4.90 Å². The predicted octanol–water partition coefficient (Wildman–Crippen LogP) is 4.97. The molecule has 1 saturated heterocycles. The van der Waals surface area contributed by atoms with Gasteiger partial charge < -0.3 is 15.0 Å². The van der Waals surface area contributed by atoms with Gasteiger partial charge in [-0.05, 0) is 38.3 Å². The molecule has 3 aliphatic rings. The van der Waals surface area contributed by atoms with E-state index in [1.165, 1.54) is 6.42 Å². The van der Waals surface area contributed by atoms with Gasteiger partial charge >= 0.3 is 6.18 Å². The predicted molar refractivity (Wildman–Crippen MR) is 119 cm³/mol. The fraction of sp³-hybridized carbons (Fsp3) is 0.750. The lowest BCUT2D eigenvalue weighted by Crippen LogP contribution is -2.41. The van der Waals surface area contributed by atoms with E-state index in [0.717, 1.165) is 51.0 Å². The van der Waals surface area contributed by atoms with Crippen LogP contribution in [-0.4, -0.2) is 47.6 Å². The molecule has 1 aliphatic carbocycles. The van der Waals surface area contributed by atoms with E-state index in [4.69, 9.17) is 4.74 Å². The maximum atomic E-state index is 12.7. The number of hydrogen-bond acceptors (Lipinski definition) is 4. The number of carbonyl (C=O) groups excluding carboxylic acids is 1. The van der Waals surface area contributed by atoms with Crippen molar-refractivity contribution < 1.29 is 22.7 Å². The van der Waals surface area contributed by atoms with Crippen molar-refractivity contribution >= 4 is 5.91 Å². The van der Waals surface area contributed by atoms with E-state index in [9.17, 15) is 18.0 Å². The van der Waals surface area contributed by atoms with E-state index in [0.29, 0.717) is 36.4 Å². The van der Waals surface area contributed by atoms with E-state index in [-0.39, 0.29) is 18.4 Å². The van der Waals surface area contributed by atoms with Crippen LogP contribution >= 0.6 is 0 Å². The highest BCUT2D eigenvalue weighted by molar-refractivity contribution is 5.79. The average molecular weight is 458 g/mol. The second-order valence-electron chi connectivity index (χ2n) is 8.94. The van der Waals surface area contributed by atoms with E-state index in [2.05, 4.69) is 38.0 Å². The molecule has 0 spiro atoms. The quantitative estimate of drug-likeness (QED) is 0.647. The lowest BCUT2D eigenvalue weighted by Gasteiger charge is -2.30. The molecule has 0 bridgehead atoms. The van der Waals surface area contributed by atoms with Crippen LogP contribution in [0, 0.1) is 5.92 Å². The number of morpholine rings is 1. The molecule has 2 atom stereocenters. The molecule has 32 heavy (non-hydrogen) atoms. The molecule has 5 nitrogen and oxygen atoms in total. The van der Waals surface area contributed by atoms with Crippen LogP contribution in [0.2, 0.25) is 0 Å². The average Bonchev–Trinajstić information content (AvgIpc) is 3.27. The van der Waals surface area contributed by atoms with Crippen LogP contribution in [0.4, 0.5) is 13.2 Å². The number of hydrogen-bond donors (Lipinski definition) is 1. The summed E-state index contributed by atoms with van der Waals surface area (Å²) in [6.07, 6.45) is 3.03. The van der Waals surface area contributed by atoms with Crippen LogP contribution in [0.1, 0.15) is 76.6 Å². The van der Waals surface area contributed by atoms with Crippen molar-refractivity contribution in [3.8, 4) is 0 Å². The maximum absolute atomic E-state index is 12.7. The van der Waals surface area contributed by atoms with Crippen LogP contribution in [0.25, 0.3) is 0 Å². The molecule has 1 amide bonds. The summed E-state index contributed by atoms with van der Waals surface area (Å²) in [5, 5.41) is 3.26. The van der Waals surface area contributed by atoms with Crippen LogP contribution in [0.5, 0.6) is 0 Å². The molecule has 0 aromatic carbocycles. The van der Waals surface area contributed by atoms with Gasteiger partial charge in [-0.2, -0.15) is 13.2 Å². The maximum Gasteiger partial charge on any atom is 0.417 e. The molecule has 1 aromatic heterocycles. The van der Waals surface area contributed by atoms with Gasteiger partial charge in [-0.1, -0.05) is 33.1 Å². The molecule has 2 aliphatic heterocycles. The molecule has 4 rings (SSSR count). The minimum atomic E-state index is -4.39. The van der Waals surface area contributed by atoms with Gasteiger partial charge in [0.1, 0.15) is 0 Å². The Hall–Kier alpha value is -1.67. The van der Waals surface area contributed by atoms with Crippen molar-refractivity contribution in [2.75, 3.05) is 19.6 Å². The SMILES string of the molecule is CC1CNCC(C)O1.CCC.O=C(C1CCCC1)N1CCc2ncc(C(F)(F)F)cc2C1. The molecule has 0 radical (unpaired) electrons. The van der Waals surface area contributed by atoms with Gasteiger partial charge in [0.2, 0.25) is 5.91 Å². The lowest BCUT2D eigenvalue weighted by molar-refractivity contribution is -0.137. The third kappa shape index (κ3) is 8.03. The molecule has 1 N–H and O–H groups in total. The van der Waals surface area contributed by atoms with Gasteiger partial charge in [-0.3, -0.25) is 9.78 Å². The molecule has 8 heteroatoms. The van der Waals surface area contributed by atoms with Gasteiger partial charge in [-0.15, -0.1) is 0 Å². The highest BCUT2D eigenvalue weighted by Crippen LogP contribution is 2.32. The van der Waals surface area contributed by atoms with E-state index < -0.39 is 11.7 Å². The zero-order valence-corrected chi connectivity index (χ0v) is 19.8. The topological polar surface area (TPSA) is 54.5 Å². The first-order valence-corrected chi connectivity index (χ1v) is 11.9. The van der Waals surface area contributed by atoms with Crippen molar-refractivity contribution in [2.45, 2.75) is 91.1 Å². The van der Waals surface area contributed by atoms with Crippen LogP contribution in [-0.2, 0) is 28.7 Å². The summed E-state index contributed by atoms with van der Waals surface area (Å²) in [4.78, 5) is 18.0. The number of nitrogens with zero attached hydrogens (tertiary/aromatic N) is 2. The lowest BCUT2D eigenvalue weighted by atomic mass is 10.0. The van der Waals surface area contributed by atoms with Crippen LogP contribution in [0.3, 0.4) is 0 Å². The molecule has 1 aromatic rings. The Labute approximate surface area is 190 Å². The summed E-state index contributed by atoms with van der Waals surface area (Å²) < 4.78 is 43.6. The Balaban J connectivity index is 0.000000274. The molecule has 3 heterocycles. The highest BCUT2D eigenvalue weighted by Gasteiger charge is 2.34. The van der Waals surface area contributed by atoms with Crippen LogP contribution in [0.15, 0.2) is 12.3 Å². The third-order valence-electron chi connectivity index (χ3n) is 5.71. The molecule has 182 valence electrons. The van der Waals surface area contributed by atoms with Gasteiger partial charge in [0.25, 0.3) is 0 Å². The number of fused-ring (bicyclic) bond motifs is 1. The minimum Gasteiger partial charge on any atom is -0.373 e. The smallest absolute Gasteiger partial charge is 0.373 e. The fourth-order valence-corrected chi connectivity index (χ4v) is 4.18. The number of alkyl halides is 3. The summed E-state index contributed by atoms with van der Waals surface area (Å²) in [6, 6.07) is 1.14. The summed E-state index contributed by atoms with van der Waals surface area (Å²) in [5.74, 6) is 0.154. The monoisotopic (exact) mass is 457 g/mol. The minimum absolute atomic E-state index is 0.0605. The normalized spacial score (nSPS) is 23.4. The zero-order chi connectivity index (χ0) is 23.7. The van der Waals surface area contributed by atoms with Crippen molar-refractivity contribution in [2.24, 2.45) is 5.92 Å². The van der Waals surface area contributed by atoms with Gasteiger partial charge in [0, 0.05) is 50.4 Å². The number of aromatic nitrogens is 1. The Morgan fingerprint density at radius 2 is 1.78 bits per heavy atom. The molecular formula is C24H38F3N3O2. The van der Waals surface area contributed by atoms with E-state index >= 15 is 0 Å². The van der Waals surface area contributed by atoms with Crippen molar-refractivity contribution in [3.63, 3.8) is 0 Å². The first kappa shape index (κ1) is 26.6. The molecule has 1 saturated carbocycles. The van der Waals surface area contributed by atoms with Crippen molar-refractivity contribution in [1.82, 2.24) is 15.2 Å². The molecule has 2 unspecified atom stereocenters. The Morgan fingerprint density at radius 3 is 2.28 bits per heavy atom. The second-order valence-corrected chi connectivity index (χ2v) is 8.94. The van der Waals surface area contributed by atoms with E-state index in [1.807, 2.05) is 0 Å². The Bertz CT molecular complexity index is 713. The number of halogens is 3. The highest BCUT2D eigenvalue weighted by atomic mass is 19.4. The Morgan fingerprint density at radius 1 is 1.19 bits per heavy atom. The first-order chi connectivity index (χ1) is 15.2. The summed E-state index contributed by atoms with van der Waals surface area (Å²) in [6.45, 7) is 11.2. The number of carbonyl (C=O) groups is 1. The van der Waals surface area contributed by atoms with Crippen molar-refractivity contribution in [3.05, 3.63) is 29.1 Å². The Kier molecular flexibility index (Phi) is 10.4. The first-order valence-electron chi connectivity index (χ1n) is 11.9. The number of rotatable bonds is 1. The largest absolute Gasteiger partial charge is 0.417 e. The summed E-state index contributed by atoms with van der Waals surface area (Å²) in [7, 11) is 0. The molecular weight excluding hydrogens is 419 g/mol. The van der Waals surface area contributed by atoms with Gasteiger partial charge in [-0.25, -0.2) is 0 Å². The van der Waals surface area contributed by atoms with Crippen molar-refractivity contribution in [1.29, 1.82) is 0 Å². The summed E-state index contributed by atoms with van der Waals surface area (Å²) >= 11 is 0. The van der Waals surface area contributed by atoms with Crippen LogP contribution < -0.4 is 5.32 Å². The number of amides is 1.